The molecular formula is C25H24ClNO5. The van der Waals surface area contributed by atoms with E-state index >= 15 is 0 Å². The van der Waals surface area contributed by atoms with Crippen LogP contribution in [0.15, 0.2) is 72.0 Å². The van der Waals surface area contributed by atoms with Crippen LogP contribution in [-0.4, -0.2) is 39.3 Å². The van der Waals surface area contributed by atoms with E-state index in [1.807, 2.05) is 30.3 Å². The number of aliphatic hydroxyl groups excluding tert-OH is 1. The molecule has 2 aromatic carbocycles. The zero-order chi connectivity index (χ0) is 23.1. The maximum Gasteiger partial charge on any atom is 0.303 e. The van der Waals surface area contributed by atoms with Gasteiger partial charge in [0.2, 0.25) is 0 Å². The molecule has 0 spiro atoms. The van der Waals surface area contributed by atoms with Crippen molar-refractivity contribution in [3.8, 4) is 0 Å². The van der Waals surface area contributed by atoms with Crippen molar-refractivity contribution in [2.75, 3.05) is 6.54 Å². The fourth-order valence-electron chi connectivity index (χ4n) is 3.72. The number of amides is 1. The lowest BCUT2D eigenvalue weighted by molar-refractivity contribution is -0.137. The van der Waals surface area contributed by atoms with E-state index in [4.69, 9.17) is 16.7 Å². The number of hydrogen-bond donors (Lipinski definition) is 2. The van der Waals surface area contributed by atoms with Gasteiger partial charge in [-0.1, -0.05) is 72.6 Å². The lowest BCUT2D eigenvalue weighted by Gasteiger charge is -2.27. The van der Waals surface area contributed by atoms with Crippen LogP contribution in [0, 0.1) is 0 Å². The van der Waals surface area contributed by atoms with Crippen molar-refractivity contribution >= 4 is 35.3 Å². The van der Waals surface area contributed by atoms with Crippen molar-refractivity contribution in [3.63, 3.8) is 0 Å². The van der Waals surface area contributed by atoms with Gasteiger partial charge in [0.15, 0.2) is 11.5 Å². The van der Waals surface area contributed by atoms with Gasteiger partial charge in [0.05, 0.1) is 11.6 Å². The number of ketones is 1. The molecule has 1 aliphatic rings. The summed E-state index contributed by atoms with van der Waals surface area (Å²) in [7, 11) is 0. The van der Waals surface area contributed by atoms with E-state index in [0.717, 1.165) is 5.56 Å². The van der Waals surface area contributed by atoms with Crippen molar-refractivity contribution < 1.29 is 24.6 Å². The number of carboxylic acid groups (broad SMARTS) is 1. The molecule has 0 unspecified atom stereocenters. The van der Waals surface area contributed by atoms with Crippen LogP contribution in [0.1, 0.15) is 42.9 Å². The smallest absolute Gasteiger partial charge is 0.303 e. The van der Waals surface area contributed by atoms with E-state index in [2.05, 4.69) is 0 Å². The number of aliphatic hydroxyl groups is 1. The molecule has 1 atom stereocenters. The molecule has 0 aliphatic carbocycles. The normalized spacial score (nSPS) is 16.2. The molecule has 0 aromatic heterocycles. The van der Waals surface area contributed by atoms with Crippen molar-refractivity contribution in [2.45, 2.75) is 31.7 Å². The summed E-state index contributed by atoms with van der Waals surface area (Å²) >= 11 is 6.39. The SMILES string of the molecule is O=C(O)CCCCCN1C(=O)C(O)=C(C(=O)/C=C/c2ccccc2)[C@@H]1c1ccccc1Cl. The molecule has 0 fully saturated rings. The van der Waals surface area contributed by atoms with Crippen LogP contribution in [0.25, 0.3) is 6.08 Å². The number of allylic oxidation sites excluding steroid dienone is 1. The molecule has 2 N–H and O–H groups in total. The average Bonchev–Trinajstić information content (AvgIpc) is 3.03. The van der Waals surface area contributed by atoms with Crippen LogP contribution >= 0.6 is 11.6 Å². The van der Waals surface area contributed by atoms with Crippen LogP contribution in [-0.2, 0) is 14.4 Å². The molecule has 6 nitrogen and oxygen atoms in total. The summed E-state index contributed by atoms with van der Waals surface area (Å²) in [4.78, 5) is 38.1. The zero-order valence-electron chi connectivity index (χ0n) is 17.4. The van der Waals surface area contributed by atoms with Gasteiger partial charge in [-0.2, -0.15) is 0 Å². The minimum absolute atomic E-state index is 0.0131. The summed E-state index contributed by atoms with van der Waals surface area (Å²) in [6.07, 6.45) is 4.65. The molecule has 32 heavy (non-hydrogen) atoms. The van der Waals surface area contributed by atoms with Gasteiger partial charge in [0, 0.05) is 18.0 Å². The lowest BCUT2D eigenvalue weighted by atomic mass is 9.95. The van der Waals surface area contributed by atoms with Gasteiger partial charge in [-0.05, 0) is 36.1 Å². The monoisotopic (exact) mass is 453 g/mol. The van der Waals surface area contributed by atoms with E-state index in [0.29, 0.717) is 29.8 Å². The lowest BCUT2D eigenvalue weighted by Crippen LogP contribution is -2.32. The van der Waals surface area contributed by atoms with E-state index in [9.17, 15) is 19.5 Å². The second-order valence-corrected chi connectivity index (χ2v) is 7.90. The number of carboxylic acids is 1. The summed E-state index contributed by atoms with van der Waals surface area (Å²) in [6.45, 7) is 0.261. The van der Waals surface area contributed by atoms with Gasteiger partial charge in [0.1, 0.15) is 0 Å². The average molecular weight is 454 g/mol. The highest BCUT2D eigenvalue weighted by atomic mass is 35.5. The Morgan fingerprint density at radius 2 is 1.69 bits per heavy atom. The van der Waals surface area contributed by atoms with Crippen molar-refractivity contribution in [1.82, 2.24) is 4.90 Å². The highest BCUT2D eigenvalue weighted by Crippen LogP contribution is 2.40. The quantitative estimate of drug-likeness (QED) is 0.391. The van der Waals surface area contributed by atoms with Gasteiger partial charge >= 0.3 is 5.97 Å². The van der Waals surface area contributed by atoms with Gasteiger partial charge in [-0.3, -0.25) is 14.4 Å². The molecular weight excluding hydrogens is 430 g/mol. The second kappa shape index (κ2) is 10.8. The fourth-order valence-corrected chi connectivity index (χ4v) is 3.96. The number of carbonyl (C=O) groups is 3. The number of halogens is 1. The Hall–Kier alpha value is -3.38. The van der Waals surface area contributed by atoms with Crippen LogP contribution in [0.4, 0.5) is 0 Å². The second-order valence-electron chi connectivity index (χ2n) is 7.50. The highest BCUT2D eigenvalue weighted by Gasteiger charge is 2.43. The maximum absolute atomic E-state index is 13.1. The fraction of sp³-hybridized carbons (Fsp3) is 0.240. The third kappa shape index (κ3) is 5.45. The molecule has 166 valence electrons. The number of hydrogen-bond acceptors (Lipinski definition) is 4. The van der Waals surface area contributed by atoms with Crippen molar-refractivity contribution in [2.24, 2.45) is 0 Å². The number of unbranched alkanes of at least 4 members (excludes halogenated alkanes) is 2. The summed E-state index contributed by atoms with van der Waals surface area (Å²) in [6, 6.07) is 15.3. The largest absolute Gasteiger partial charge is 0.503 e. The standard InChI is InChI=1S/C25H24ClNO5/c26-19-12-7-6-11-18(19)23-22(20(28)15-14-17-9-3-1-4-10-17)24(31)25(32)27(23)16-8-2-5-13-21(29)30/h1,3-4,6-7,9-12,14-15,23,31H,2,5,8,13,16H2,(H,29,30)/b15-14+/t23-/m0/s1. The number of nitrogens with zero attached hydrogens (tertiary/aromatic N) is 1. The molecule has 0 radical (unpaired) electrons. The molecule has 1 heterocycles. The van der Waals surface area contributed by atoms with Crippen LogP contribution in [0.2, 0.25) is 5.02 Å². The Bertz CT molecular complexity index is 1060. The summed E-state index contributed by atoms with van der Waals surface area (Å²) < 4.78 is 0. The van der Waals surface area contributed by atoms with Crippen molar-refractivity contribution in [3.05, 3.63) is 88.2 Å². The Labute approximate surface area is 191 Å². The number of benzene rings is 2. The highest BCUT2D eigenvalue weighted by molar-refractivity contribution is 6.31. The van der Waals surface area contributed by atoms with Crippen LogP contribution in [0.5, 0.6) is 0 Å². The predicted molar refractivity (Wildman–Crippen MR) is 122 cm³/mol. The number of aliphatic carboxylic acids is 1. The third-order valence-electron chi connectivity index (χ3n) is 5.29. The Kier molecular flexibility index (Phi) is 7.84. The van der Waals surface area contributed by atoms with E-state index < -0.39 is 29.5 Å². The minimum atomic E-state index is -0.867. The zero-order valence-corrected chi connectivity index (χ0v) is 18.2. The Morgan fingerprint density at radius 3 is 2.38 bits per heavy atom. The molecule has 2 aromatic rings. The first-order valence-electron chi connectivity index (χ1n) is 10.4. The molecule has 1 aliphatic heterocycles. The van der Waals surface area contributed by atoms with E-state index in [-0.39, 0.29) is 18.5 Å². The summed E-state index contributed by atoms with van der Waals surface area (Å²) in [5.41, 5.74) is 1.35. The topological polar surface area (TPSA) is 94.9 Å². The molecule has 0 saturated heterocycles. The van der Waals surface area contributed by atoms with Gasteiger partial charge in [0.25, 0.3) is 5.91 Å². The van der Waals surface area contributed by atoms with Crippen molar-refractivity contribution in [1.29, 1.82) is 0 Å². The molecule has 0 bridgehead atoms. The van der Waals surface area contributed by atoms with E-state index in [1.54, 1.807) is 30.3 Å². The predicted octanol–water partition coefficient (Wildman–Crippen LogP) is 4.96. The van der Waals surface area contributed by atoms with Crippen LogP contribution in [0.3, 0.4) is 0 Å². The first-order chi connectivity index (χ1) is 15.4. The molecule has 0 saturated carbocycles. The number of carbonyl (C=O) groups excluding carboxylic acids is 2. The first kappa shape index (κ1) is 23.3. The van der Waals surface area contributed by atoms with Gasteiger partial charge in [-0.25, -0.2) is 0 Å². The number of rotatable bonds is 10. The summed E-state index contributed by atoms with van der Waals surface area (Å²) in [5, 5.41) is 19.8. The maximum atomic E-state index is 13.1. The summed E-state index contributed by atoms with van der Waals surface area (Å²) in [5.74, 6) is -2.56. The van der Waals surface area contributed by atoms with E-state index in [1.165, 1.54) is 11.0 Å². The minimum Gasteiger partial charge on any atom is -0.503 e. The first-order valence-corrected chi connectivity index (χ1v) is 10.8. The molecule has 1 amide bonds. The Morgan fingerprint density at radius 1 is 1.00 bits per heavy atom. The van der Waals surface area contributed by atoms with Crippen LogP contribution < -0.4 is 0 Å². The molecule has 3 rings (SSSR count). The third-order valence-corrected chi connectivity index (χ3v) is 5.63. The molecule has 7 heteroatoms. The van der Waals surface area contributed by atoms with Gasteiger partial charge in [-0.15, -0.1) is 0 Å². The van der Waals surface area contributed by atoms with Gasteiger partial charge < -0.3 is 15.1 Å². The Balaban J connectivity index is 1.87.